The summed E-state index contributed by atoms with van der Waals surface area (Å²) in [5.41, 5.74) is 3.65. The maximum atomic E-state index is 12.7. The number of piperidine rings is 1. The van der Waals surface area contributed by atoms with Gasteiger partial charge in [-0.3, -0.25) is 4.79 Å². The van der Waals surface area contributed by atoms with E-state index in [2.05, 4.69) is 30.1 Å². The fraction of sp³-hybridized carbons (Fsp3) is 0.550. The molecule has 2 saturated heterocycles. The summed E-state index contributed by atoms with van der Waals surface area (Å²) in [5.74, 6) is 0.556. The Morgan fingerprint density at radius 2 is 2.16 bits per heavy atom. The predicted octanol–water partition coefficient (Wildman–Crippen LogP) is 3.02. The quantitative estimate of drug-likeness (QED) is 0.929. The van der Waals surface area contributed by atoms with E-state index < -0.39 is 0 Å². The van der Waals surface area contributed by atoms with Crippen molar-refractivity contribution in [3.63, 3.8) is 0 Å². The molecule has 2 aromatic rings. The lowest BCUT2D eigenvalue weighted by Gasteiger charge is -2.34. The smallest absolute Gasteiger partial charge is 0.222 e. The molecule has 3 heterocycles. The number of ether oxygens (including phenoxy) is 2. The molecule has 0 radical (unpaired) electrons. The van der Waals surface area contributed by atoms with Gasteiger partial charge in [-0.2, -0.15) is 0 Å². The zero-order valence-electron chi connectivity index (χ0n) is 14.8. The average Bonchev–Trinajstić information content (AvgIpc) is 3.30. The number of amides is 1. The number of nitrogens with one attached hydrogen (secondary N) is 1. The van der Waals surface area contributed by atoms with Crippen LogP contribution in [-0.2, 0) is 20.7 Å². The van der Waals surface area contributed by atoms with Crippen LogP contribution in [0.1, 0.15) is 30.4 Å². The van der Waals surface area contributed by atoms with E-state index >= 15 is 0 Å². The molecular weight excluding hydrogens is 316 g/mol. The summed E-state index contributed by atoms with van der Waals surface area (Å²) >= 11 is 0. The Morgan fingerprint density at radius 3 is 3.00 bits per heavy atom. The summed E-state index contributed by atoms with van der Waals surface area (Å²) in [7, 11) is 0. The minimum Gasteiger partial charge on any atom is -0.361 e. The number of likely N-dealkylation sites (tertiary alicyclic amines) is 1. The number of aromatic amines is 1. The summed E-state index contributed by atoms with van der Waals surface area (Å²) < 4.78 is 11.3. The van der Waals surface area contributed by atoms with Crippen molar-refractivity contribution < 1.29 is 14.3 Å². The Kier molecular flexibility index (Phi) is 4.77. The second-order valence-corrected chi connectivity index (χ2v) is 7.16. The summed E-state index contributed by atoms with van der Waals surface area (Å²) in [4.78, 5) is 18.0. The molecule has 5 heteroatoms. The van der Waals surface area contributed by atoms with E-state index in [0.717, 1.165) is 32.4 Å². The SMILES string of the molecule is Cc1cccc2c(CCC(=O)N3CCC[C@@H](C4OCCO4)C3)c[nH]c12. The number of nitrogens with zero attached hydrogens (tertiary/aromatic N) is 1. The molecule has 134 valence electrons. The number of aryl methyl sites for hydroxylation is 2. The maximum Gasteiger partial charge on any atom is 0.222 e. The van der Waals surface area contributed by atoms with E-state index in [1.807, 2.05) is 11.1 Å². The second-order valence-electron chi connectivity index (χ2n) is 7.16. The third-order valence-electron chi connectivity index (χ3n) is 5.46. The van der Waals surface area contributed by atoms with Gasteiger partial charge < -0.3 is 19.4 Å². The molecular formula is C20H26N2O3. The fourth-order valence-corrected chi connectivity index (χ4v) is 4.08. The minimum atomic E-state index is -0.118. The highest BCUT2D eigenvalue weighted by Crippen LogP contribution is 2.26. The number of H-pyrrole nitrogens is 1. The van der Waals surface area contributed by atoms with Crippen LogP contribution in [0.3, 0.4) is 0 Å². The fourth-order valence-electron chi connectivity index (χ4n) is 4.08. The highest BCUT2D eigenvalue weighted by atomic mass is 16.7. The van der Waals surface area contributed by atoms with Crippen LogP contribution in [-0.4, -0.2) is 48.4 Å². The molecule has 1 amide bonds. The molecule has 2 aliphatic heterocycles. The molecule has 25 heavy (non-hydrogen) atoms. The van der Waals surface area contributed by atoms with Crippen molar-refractivity contribution in [2.45, 2.75) is 38.9 Å². The van der Waals surface area contributed by atoms with Gasteiger partial charge in [0.2, 0.25) is 5.91 Å². The molecule has 4 rings (SSSR count). The Bertz CT molecular complexity index is 748. The van der Waals surface area contributed by atoms with Gasteiger partial charge in [0.1, 0.15) is 0 Å². The minimum absolute atomic E-state index is 0.118. The van der Waals surface area contributed by atoms with Gasteiger partial charge in [0.25, 0.3) is 0 Å². The Balaban J connectivity index is 1.37. The van der Waals surface area contributed by atoms with Crippen molar-refractivity contribution in [2.75, 3.05) is 26.3 Å². The number of carbonyl (C=O) groups excluding carboxylic acids is 1. The largest absolute Gasteiger partial charge is 0.361 e. The molecule has 0 saturated carbocycles. The van der Waals surface area contributed by atoms with E-state index in [0.29, 0.717) is 25.6 Å². The van der Waals surface area contributed by atoms with Gasteiger partial charge in [0.05, 0.1) is 13.2 Å². The van der Waals surface area contributed by atoms with Crippen LogP contribution in [0.2, 0.25) is 0 Å². The lowest BCUT2D eigenvalue weighted by Crippen LogP contribution is -2.43. The maximum absolute atomic E-state index is 12.7. The van der Waals surface area contributed by atoms with Crippen LogP contribution in [0.15, 0.2) is 24.4 Å². The molecule has 2 fully saturated rings. The molecule has 5 nitrogen and oxygen atoms in total. The van der Waals surface area contributed by atoms with E-state index in [1.165, 1.54) is 22.0 Å². The van der Waals surface area contributed by atoms with E-state index in [1.54, 1.807) is 0 Å². The number of fused-ring (bicyclic) bond motifs is 1. The van der Waals surface area contributed by atoms with Gasteiger partial charge in [-0.05, 0) is 37.3 Å². The average molecular weight is 342 g/mol. The second kappa shape index (κ2) is 7.18. The summed E-state index contributed by atoms with van der Waals surface area (Å²) in [6.07, 6.45) is 5.37. The van der Waals surface area contributed by atoms with Gasteiger partial charge in [0, 0.05) is 42.5 Å². The van der Waals surface area contributed by atoms with Crippen molar-refractivity contribution in [3.05, 3.63) is 35.5 Å². The number of rotatable bonds is 4. The Labute approximate surface area is 148 Å². The molecule has 0 bridgehead atoms. The van der Waals surface area contributed by atoms with Crippen LogP contribution < -0.4 is 0 Å². The van der Waals surface area contributed by atoms with Crippen LogP contribution in [0.25, 0.3) is 10.9 Å². The van der Waals surface area contributed by atoms with Gasteiger partial charge in [-0.1, -0.05) is 18.2 Å². The zero-order chi connectivity index (χ0) is 17.2. The van der Waals surface area contributed by atoms with Crippen molar-refractivity contribution in [1.82, 2.24) is 9.88 Å². The number of hydrogen-bond donors (Lipinski definition) is 1. The van der Waals surface area contributed by atoms with Gasteiger partial charge >= 0.3 is 0 Å². The van der Waals surface area contributed by atoms with Crippen LogP contribution in [0.5, 0.6) is 0 Å². The topological polar surface area (TPSA) is 54.6 Å². The molecule has 1 aromatic heterocycles. The third-order valence-corrected chi connectivity index (χ3v) is 5.46. The highest BCUT2D eigenvalue weighted by molar-refractivity contribution is 5.86. The summed E-state index contributed by atoms with van der Waals surface area (Å²) in [6, 6.07) is 6.31. The number of para-hydroxylation sites is 1. The lowest BCUT2D eigenvalue weighted by atomic mass is 9.96. The number of carbonyl (C=O) groups is 1. The number of hydrogen-bond acceptors (Lipinski definition) is 3. The van der Waals surface area contributed by atoms with E-state index in [9.17, 15) is 4.79 Å². The lowest BCUT2D eigenvalue weighted by molar-refractivity contribution is -0.139. The molecule has 0 aliphatic carbocycles. The van der Waals surface area contributed by atoms with Crippen LogP contribution in [0, 0.1) is 12.8 Å². The van der Waals surface area contributed by atoms with E-state index in [-0.39, 0.29) is 12.2 Å². The molecule has 1 atom stereocenters. The number of benzene rings is 1. The monoisotopic (exact) mass is 342 g/mol. The zero-order valence-corrected chi connectivity index (χ0v) is 14.8. The highest BCUT2D eigenvalue weighted by Gasteiger charge is 2.32. The van der Waals surface area contributed by atoms with Crippen molar-refractivity contribution in [1.29, 1.82) is 0 Å². The molecule has 1 N–H and O–H groups in total. The molecule has 2 aliphatic rings. The van der Waals surface area contributed by atoms with E-state index in [4.69, 9.17) is 9.47 Å². The Morgan fingerprint density at radius 1 is 1.32 bits per heavy atom. The first kappa shape index (κ1) is 16.6. The number of aromatic nitrogens is 1. The molecule has 0 spiro atoms. The van der Waals surface area contributed by atoms with Gasteiger partial charge in [-0.25, -0.2) is 0 Å². The van der Waals surface area contributed by atoms with Crippen LogP contribution >= 0.6 is 0 Å². The van der Waals surface area contributed by atoms with Crippen molar-refractivity contribution >= 4 is 16.8 Å². The van der Waals surface area contributed by atoms with Gasteiger partial charge in [0.15, 0.2) is 6.29 Å². The first-order valence-electron chi connectivity index (χ1n) is 9.29. The molecule has 0 unspecified atom stereocenters. The van der Waals surface area contributed by atoms with Crippen molar-refractivity contribution in [2.24, 2.45) is 5.92 Å². The van der Waals surface area contributed by atoms with Gasteiger partial charge in [-0.15, -0.1) is 0 Å². The molecule has 1 aromatic carbocycles. The summed E-state index contributed by atoms with van der Waals surface area (Å²) in [5, 5.41) is 1.23. The third kappa shape index (κ3) is 3.44. The normalized spacial score (nSPS) is 22.0. The van der Waals surface area contributed by atoms with Crippen molar-refractivity contribution in [3.8, 4) is 0 Å². The standard InChI is InChI=1S/C20H26N2O3/c1-14-4-2-6-17-15(12-21-19(14)17)7-8-18(23)22-9-3-5-16(13-22)20-24-10-11-25-20/h2,4,6,12,16,20-21H,3,5,7-11,13H2,1H3/t16-/m1/s1. The first-order chi connectivity index (χ1) is 12.2. The first-order valence-corrected chi connectivity index (χ1v) is 9.29. The Hall–Kier alpha value is -1.85. The van der Waals surface area contributed by atoms with Crippen LogP contribution in [0.4, 0.5) is 0 Å². The predicted molar refractivity (Wildman–Crippen MR) is 96.4 cm³/mol. The summed E-state index contributed by atoms with van der Waals surface area (Å²) in [6.45, 7) is 5.07.